The number of aliphatic hydroxyl groups is 2. The summed E-state index contributed by atoms with van der Waals surface area (Å²) in [6, 6.07) is 0. The van der Waals surface area contributed by atoms with Gasteiger partial charge in [0.2, 0.25) is 0 Å². The highest BCUT2D eigenvalue weighted by molar-refractivity contribution is 4.86. The molecule has 0 radical (unpaired) electrons. The Bertz CT molecular complexity index is 151. The van der Waals surface area contributed by atoms with Crippen molar-refractivity contribution < 1.29 is 10.2 Å². The summed E-state index contributed by atoms with van der Waals surface area (Å²) in [5.41, 5.74) is -0.274. The van der Waals surface area contributed by atoms with E-state index in [1.807, 2.05) is 13.8 Å². The monoisotopic (exact) mass is 216 g/mol. The summed E-state index contributed by atoms with van der Waals surface area (Å²) >= 11 is 0. The Morgan fingerprint density at radius 1 is 1.13 bits per heavy atom. The van der Waals surface area contributed by atoms with Gasteiger partial charge in [0.25, 0.3) is 0 Å². The third kappa shape index (κ3) is 4.12. The zero-order chi connectivity index (χ0) is 11.9. The summed E-state index contributed by atoms with van der Waals surface area (Å²) in [5, 5.41) is 19.7. The van der Waals surface area contributed by atoms with E-state index in [0.717, 1.165) is 19.3 Å². The van der Waals surface area contributed by atoms with Gasteiger partial charge in [-0.15, -0.1) is 0 Å². The Morgan fingerprint density at radius 3 is 2.07 bits per heavy atom. The molecule has 0 aromatic carbocycles. The van der Waals surface area contributed by atoms with Crippen molar-refractivity contribution in [2.24, 2.45) is 11.3 Å². The van der Waals surface area contributed by atoms with Gasteiger partial charge in [0.1, 0.15) is 0 Å². The molecule has 2 nitrogen and oxygen atoms in total. The third-order valence-corrected chi connectivity index (χ3v) is 3.56. The first kappa shape index (κ1) is 14.9. The Morgan fingerprint density at radius 2 is 1.73 bits per heavy atom. The summed E-state index contributed by atoms with van der Waals surface area (Å²) < 4.78 is 0. The lowest BCUT2D eigenvalue weighted by molar-refractivity contribution is -0.0529. The van der Waals surface area contributed by atoms with Crippen LogP contribution in [-0.2, 0) is 0 Å². The quantitative estimate of drug-likeness (QED) is 0.612. The first-order valence-corrected chi connectivity index (χ1v) is 6.33. The van der Waals surface area contributed by atoms with Crippen molar-refractivity contribution in [1.82, 2.24) is 0 Å². The van der Waals surface area contributed by atoms with Crippen LogP contribution in [0, 0.1) is 11.3 Å². The third-order valence-electron chi connectivity index (χ3n) is 3.56. The molecule has 92 valence electrons. The standard InChI is InChI=1S/C13H28O2/c1-5-7-8-9-13(6-2,10-14)12(15)11(3)4/h11-12,14-15H,5-10H2,1-4H3. The van der Waals surface area contributed by atoms with Gasteiger partial charge in [0.15, 0.2) is 0 Å². The van der Waals surface area contributed by atoms with Crippen molar-refractivity contribution >= 4 is 0 Å². The second kappa shape index (κ2) is 7.24. The first-order chi connectivity index (χ1) is 7.04. The maximum atomic E-state index is 10.2. The van der Waals surface area contributed by atoms with Gasteiger partial charge in [0.05, 0.1) is 12.7 Å². The van der Waals surface area contributed by atoms with Gasteiger partial charge in [-0.1, -0.05) is 47.0 Å². The molecule has 15 heavy (non-hydrogen) atoms. The van der Waals surface area contributed by atoms with Crippen LogP contribution < -0.4 is 0 Å². The van der Waals surface area contributed by atoms with Crippen molar-refractivity contribution in [3.63, 3.8) is 0 Å². The van der Waals surface area contributed by atoms with Crippen LogP contribution in [0.2, 0.25) is 0 Å². The molecule has 2 N–H and O–H groups in total. The van der Waals surface area contributed by atoms with Gasteiger partial charge in [-0.25, -0.2) is 0 Å². The second-order valence-corrected chi connectivity index (χ2v) is 5.02. The molecule has 0 bridgehead atoms. The van der Waals surface area contributed by atoms with Crippen LogP contribution >= 0.6 is 0 Å². The van der Waals surface area contributed by atoms with Crippen LogP contribution in [0.5, 0.6) is 0 Å². The fourth-order valence-corrected chi connectivity index (χ4v) is 2.25. The Balaban J connectivity index is 4.42. The summed E-state index contributed by atoms with van der Waals surface area (Å²) in [6.45, 7) is 8.38. The van der Waals surface area contributed by atoms with Crippen LogP contribution in [-0.4, -0.2) is 22.9 Å². The zero-order valence-corrected chi connectivity index (χ0v) is 10.8. The van der Waals surface area contributed by atoms with Crippen molar-refractivity contribution in [3.05, 3.63) is 0 Å². The molecule has 0 spiro atoms. The number of rotatable bonds is 8. The van der Waals surface area contributed by atoms with E-state index in [0.29, 0.717) is 0 Å². The van der Waals surface area contributed by atoms with E-state index in [4.69, 9.17) is 0 Å². The van der Waals surface area contributed by atoms with Crippen LogP contribution in [0.1, 0.15) is 59.8 Å². The number of aliphatic hydroxyl groups excluding tert-OH is 2. The van der Waals surface area contributed by atoms with Gasteiger partial charge in [0, 0.05) is 5.41 Å². The lowest BCUT2D eigenvalue weighted by Gasteiger charge is -2.38. The SMILES string of the molecule is CCCCCC(CC)(CO)C(O)C(C)C. The van der Waals surface area contributed by atoms with Gasteiger partial charge >= 0.3 is 0 Å². The Labute approximate surface area is 94.7 Å². The Kier molecular flexibility index (Phi) is 7.20. The normalized spacial score (nSPS) is 17.8. The first-order valence-electron chi connectivity index (χ1n) is 6.33. The van der Waals surface area contributed by atoms with E-state index >= 15 is 0 Å². The van der Waals surface area contributed by atoms with E-state index in [1.165, 1.54) is 12.8 Å². The average Bonchev–Trinajstić information content (AvgIpc) is 2.24. The van der Waals surface area contributed by atoms with Crippen molar-refractivity contribution in [3.8, 4) is 0 Å². The molecule has 2 unspecified atom stereocenters. The number of hydrogen-bond acceptors (Lipinski definition) is 2. The van der Waals surface area contributed by atoms with Gasteiger partial charge < -0.3 is 10.2 Å². The van der Waals surface area contributed by atoms with E-state index in [2.05, 4.69) is 13.8 Å². The molecule has 0 rings (SSSR count). The van der Waals surface area contributed by atoms with Gasteiger partial charge in [-0.3, -0.25) is 0 Å². The number of unbranched alkanes of at least 4 members (excludes halogenated alkanes) is 2. The molecule has 0 aliphatic carbocycles. The molecule has 0 aromatic rings. The lowest BCUT2D eigenvalue weighted by Crippen LogP contribution is -2.41. The Hall–Kier alpha value is -0.0800. The molecule has 0 amide bonds. The van der Waals surface area contributed by atoms with E-state index in [-0.39, 0.29) is 24.0 Å². The predicted molar refractivity (Wildman–Crippen MR) is 64.8 cm³/mol. The highest BCUT2D eigenvalue weighted by Crippen LogP contribution is 2.35. The second-order valence-electron chi connectivity index (χ2n) is 5.02. The summed E-state index contributed by atoms with van der Waals surface area (Å²) in [7, 11) is 0. The average molecular weight is 216 g/mol. The van der Waals surface area contributed by atoms with Crippen LogP contribution in [0.4, 0.5) is 0 Å². The molecule has 2 heteroatoms. The van der Waals surface area contributed by atoms with E-state index in [1.54, 1.807) is 0 Å². The van der Waals surface area contributed by atoms with Crippen molar-refractivity contribution in [2.45, 2.75) is 65.9 Å². The van der Waals surface area contributed by atoms with Gasteiger partial charge in [-0.2, -0.15) is 0 Å². The van der Waals surface area contributed by atoms with Gasteiger partial charge in [-0.05, 0) is 18.8 Å². The van der Waals surface area contributed by atoms with Crippen molar-refractivity contribution in [2.75, 3.05) is 6.61 Å². The minimum atomic E-state index is -0.385. The molecule has 0 aromatic heterocycles. The molecular weight excluding hydrogens is 188 g/mol. The van der Waals surface area contributed by atoms with Crippen LogP contribution in [0.15, 0.2) is 0 Å². The summed E-state index contributed by atoms with van der Waals surface area (Å²) in [4.78, 5) is 0. The molecule has 0 fully saturated rings. The zero-order valence-electron chi connectivity index (χ0n) is 10.8. The largest absolute Gasteiger partial charge is 0.396 e. The highest BCUT2D eigenvalue weighted by Gasteiger charge is 2.36. The van der Waals surface area contributed by atoms with Crippen molar-refractivity contribution in [1.29, 1.82) is 0 Å². The summed E-state index contributed by atoms with van der Waals surface area (Å²) in [5.74, 6) is 0.221. The molecular formula is C13H28O2. The minimum absolute atomic E-state index is 0.104. The van der Waals surface area contributed by atoms with E-state index in [9.17, 15) is 10.2 Å². The highest BCUT2D eigenvalue weighted by atomic mass is 16.3. The maximum Gasteiger partial charge on any atom is 0.0641 e. The smallest absolute Gasteiger partial charge is 0.0641 e. The number of hydrogen-bond donors (Lipinski definition) is 2. The molecule has 0 saturated heterocycles. The van der Waals surface area contributed by atoms with Crippen LogP contribution in [0.25, 0.3) is 0 Å². The van der Waals surface area contributed by atoms with E-state index < -0.39 is 0 Å². The molecule has 0 heterocycles. The predicted octanol–water partition coefficient (Wildman–Crippen LogP) is 2.97. The fraction of sp³-hybridized carbons (Fsp3) is 1.00. The molecule has 0 aliphatic rings. The molecule has 0 aliphatic heterocycles. The molecule has 0 saturated carbocycles. The molecule has 2 atom stereocenters. The summed E-state index contributed by atoms with van der Waals surface area (Å²) in [6.07, 6.45) is 4.88. The lowest BCUT2D eigenvalue weighted by atomic mass is 9.72. The van der Waals surface area contributed by atoms with Crippen LogP contribution in [0.3, 0.4) is 0 Å². The topological polar surface area (TPSA) is 40.5 Å². The maximum absolute atomic E-state index is 10.2. The fourth-order valence-electron chi connectivity index (χ4n) is 2.25. The minimum Gasteiger partial charge on any atom is -0.396 e.